The van der Waals surface area contributed by atoms with Crippen molar-refractivity contribution in [2.45, 2.75) is 13.5 Å². The summed E-state index contributed by atoms with van der Waals surface area (Å²) >= 11 is 1.53. The fourth-order valence-corrected chi connectivity index (χ4v) is 2.18. The standard InChI is InChI=1S/C12H13N3O2S/c1-8-13-14-12(18-8)15(2)7-9-3-5-10(6-4-9)11(16)17/h3-6H,7H2,1-2H3,(H,16,17). The summed E-state index contributed by atoms with van der Waals surface area (Å²) in [5, 5.41) is 18.6. The molecule has 0 bridgehead atoms. The van der Waals surface area contributed by atoms with E-state index >= 15 is 0 Å². The number of carbonyl (C=O) groups is 1. The van der Waals surface area contributed by atoms with E-state index in [1.807, 2.05) is 31.0 Å². The maximum Gasteiger partial charge on any atom is 0.335 e. The van der Waals surface area contributed by atoms with Gasteiger partial charge in [0.05, 0.1) is 5.56 Å². The molecular weight excluding hydrogens is 250 g/mol. The summed E-state index contributed by atoms with van der Waals surface area (Å²) in [4.78, 5) is 12.7. The smallest absolute Gasteiger partial charge is 0.335 e. The second-order valence-corrected chi connectivity index (χ2v) is 5.12. The van der Waals surface area contributed by atoms with Crippen molar-refractivity contribution in [2.75, 3.05) is 11.9 Å². The van der Waals surface area contributed by atoms with Crippen molar-refractivity contribution < 1.29 is 9.90 Å². The van der Waals surface area contributed by atoms with E-state index in [4.69, 9.17) is 5.11 Å². The summed E-state index contributed by atoms with van der Waals surface area (Å²) in [6.45, 7) is 2.59. The molecule has 5 nitrogen and oxygen atoms in total. The summed E-state index contributed by atoms with van der Waals surface area (Å²) in [6.07, 6.45) is 0. The van der Waals surface area contributed by atoms with Crippen LogP contribution in [0.1, 0.15) is 20.9 Å². The number of benzene rings is 1. The van der Waals surface area contributed by atoms with Gasteiger partial charge in [0.1, 0.15) is 5.01 Å². The Kier molecular flexibility index (Phi) is 3.57. The number of hydrogen-bond acceptors (Lipinski definition) is 5. The summed E-state index contributed by atoms with van der Waals surface area (Å²) in [6, 6.07) is 6.84. The highest BCUT2D eigenvalue weighted by molar-refractivity contribution is 7.15. The normalized spacial score (nSPS) is 10.3. The molecule has 0 aliphatic rings. The number of carboxylic acids is 1. The zero-order valence-electron chi connectivity index (χ0n) is 10.1. The lowest BCUT2D eigenvalue weighted by Crippen LogP contribution is -2.16. The zero-order valence-corrected chi connectivity index (χ0v) is 10.9. The number of aryl methyl sites for hydroxylation is 1. The van der Waals surface area contributed by atoms with Gasteiger partial charge in [0, 0.05) is 13.6 Å². The van der Waals surface area contributed by atoms with Gasteiger partial charge in [-0.05, 0) is 24.6 Å². The van der Waals surface area contributed by atoms with Gasteiger partial charge < -0.3 is 10.0 Å². The minimum Gasteiger partial charge on any atom is -0.478 e. The largest absolute Gasteiger partial charge is 0.478 e. The summed E-state index contributed by atoms with van der Waals surface area (Å²) in [5.41, 5.74) is 1.34. The molecule has 0 spiro atoms. The van der Waals surface area contributed by atoms with Crippen LogP contribution < -0.4 is 4.90 Å². The van der Waals surface area contributed by atoms with Crippen LogP contribution in [0.3, 0.4) is 0 Å². The van der Waals surface area contributed by atoms with E-state index in [2.05, 4.69) is 10.2 Å². The molecule has 1 N–H and O–H groups in total. The van der Waals surface area contributed by atoms with Gasteiger partial charge in [-0.15, -0.1) is 10.2 Å². The number of hydrogen-bond donors (Lipinski definition) is 1. The van der Waals surface area contributed by atoms with Gasteiger partial charge in [-0.3, -0.25) is 0 Å². The van der Waals surface area contributed by atoms with Crippen molar-refractivity contribution in [1.82, 2.24) is 10.2 Å². The van der Waals surface area contributed by atoms with Gasteiger partial charge in [0.2, 0.25) is 5.13 Å². The minimum atomic E-state index is -0.908. The predicted molar refractivity (Wildman–Crippen MR) is 70.2 cm³/mol. The van der Waals surface area contributed by atoms with Crippen molar-refractivity contribution in [1.29, 1.82) is 0 Å². The lowest BCUT2D eigenvalue weighted by molar-refractivity contribution is 0.0697. The Balaban J connectivity index is 2.07. The molecule has 2 aromatic rings. The van der Waals surface area contributed by atoms with Crippen LogP contribution >= 0.6 is 11.3 Å². The van der Waals surface area contributed by atoms with Crippen LogP contribution in [-0.4, -0.2) is 28.3 Å². The Bertz CT molecular complexity index is 551. The van der Waals surface area contributed by atoms with Crippen LogP contribution in [0.5, 0.6) is 0 Å². The van der Waals surface area contributed by atoms with Crippen LogP contribution in [0, 0.1) is 6.92 Å². The molecule has 0 amide bonds. The SMILES string of the molecule is Cc1nnc(N(C)Cc2ccc(C(=O)O)cc2)s1. The number of rotatable bonds is 4. The number of anilines is 1. The fraction of sp³-hybridized carbons (Fsp3) is 0.250. The molecule has 0 aliphatic carbocycles. The highest BCUT2D eigenvalue weighted by Crippen LogP contribution is 2.20. The van der Waals surface area contributed by atoms with E-state index in [-0.39, 0.29) is 0 Å². The number of carboxylic acid groups (broad SMARTS) is 1. The molecule has 0 unspecified atom stereocenters. The summed E-state index contributed by atoms with van der Waals surface area (Å²) in [7, 11) is 1.94. The molecule has 0 saturated carbocycles. The predicted octanol–water partition coefficient (Wildman–Crippen LogP) is 2.18. The van der Waals surface area contributed by atoms with Crippen LogP contribution in [0.15, 0.2) is 24.3 Å². The van der Waals surface area contributed by atoms with E-state index in [1.165, 1.54) is 11.3 Å². The van der Waals surface area contributed by atoms with Crippen molar-refractivity contribution in [2.24, 2.45) is 0 Å². The van der Waals surface area contributed by atoms with Gasteiger partial charge in [0.15, 0.2) is 0 Å². The topological polar surface area (TPSA) is 66.3 Å². The van der Waals surface area contributed by atoms with Crippen molar-refractivity contribution in [3.8, 4) is 0 Å². The number of aromatic carboxylic acids is 1. The Morgan fingerprint density at radius 2 is 2.00 bits per heavy atom. The highest BCUT2D eigenvalue weighted by atomic mass is 32.1. The zero-order chi connectivity index (χ0) is 13.1. The lowest BCUT2D eigenvalue weighted by Gasteiger charge is -2.14. The molecular formula is C12H13N3O2S. The average molecular weight is 263 g/mol. The second kappa shape index (κ2) is 5.14. The van der Waals surface area contributed by atoms with Gasteiger partial charge in [-0.25, -0.2) is 4.79 Å². The molecule has 1 aromatic carbocycles. The van der Waals surface area contributed by atoms with Crippen LogP contribution in [0.2, 0.25) is 0 Å². The quantitative estimate of drug-likeness (QED) is 0.915. The number of aromatic nitrogens is 2. The Morgan fingerprint density at radius 1 is 1.33 bits per heavy atom. The van der Waals surface area contributed by atoms with Crippen LogP contribution in [-0.2, 0) is 6.54 Å². The molecule has 0 radical (unpaired) electrons. The molecule has 6 heteroatoms. The maximum atomic E-state index is 10.7. The van der Waals surface area contributed by atoms with Crippen LogP contribution in [0.4, 0.5) is 5.13 Å². The molecule has 2 rings (SSSR count). The molecule has 1 heterocycles. The van der Waals surface area contributed by atoms with E-state index in [0.29, 0.717) is 12.1 Å². The van der Waals surface area contributed by atoms with E-state index in [9.17, 15) is 4.79 Å². The first kappa shape index (κ1) is 12.5. The minimum absolute atomic E-state index is 0.299. The van der Waals surface area contributed by atoms with Crippen LogP contribution in [0.25, 0.3) is 0 Å². The van der Waals surface area contributed by atoms with Gasteiger partial charge in [-0.1, -0.05) is 23.5 Å². The third kappa shape index (κ3) is 2.84. The summed E-state index contributed by atoms with van der Waals surface area (Å²) in [5.74, 6) is -0.908. The van der Waals surface area contributed by atoms with Gasteiger partial charge in [-0.2, -0.15) is 0 Å². The molecule has 94 valence electrons. The Labute approximate surface area is 109 Å². The van der Waals surface area contributed by atoms with Gasteiger partial charge >= 0.3 is 5.97 Å². The van der Waals surface area contributed by atoms with Gasteiger partial charge in [0.25, 0.3) is 0 Å². The lowest BCUT2D eigenvalue weighted by atomic mass is 10.1. The average Bonchev–Trinajstić information content (AvgIpc) is 2.76. The van der Waals surface area contributed by atoms with Crippen molar-refractivity contribution in [3.63, 3.8) is 0 Å². The second-order valence-electron chi connectivity index (χ2n) is 3.96. The molecule has 0 saturated heterocycles. The molecule has 18 heavy (non-hydrogen) atoms. The van der Waals surface area contributed by atoms with Crippen molar-refractivity contribution in [3.05, 3.63) is 40.4 Å². The van der Waals surface area contributed by atoms with E-state index in [1.54, 1.807) is 12.1 Å². The van der Waals surface area contributed by atoms with Crippen molar-refractivity contribution >= 4 is 22.4 Å². The Hall–Kier alpha value is -1.95. The molecule has 1 aromatic heterocycles. The molecule has 0 atom stereocenters. The third-order valence-corrected chi connectivity index (χ3v) is 3.42. The first-order valence-corrected chi connectivity index (χ1v) is 6.21. The molecule has 0 aliphatic heterocycles. The Morgan fingerprint density at radius 3 is 2.50 bits per heavy atom. The first-order chi connectivity index (χ1) is 8.56. The van der Waals surface area contributed by atoms with E-state index < -0.39 is 5.97 Å². The maximum absolute atomic E-state index is 10.7. The third-order valence-electron chi connectivity index (χ3n) is 2.46. The highest BCUT2D eigenvalue weighted by Gasteiger charge is 2.08. The van der Waals surface area contributed by atoms with E-state index in [0.717, 1.165) is 15.7 Å². The first-order valence-electron chi connectivity index (χ1n) is 5.40. The molecule has 0 fully saturated rings. The number of nitrogens with zero attached hydrogens (tertiary/aromatic N) is 3. The summed E-state index contributed by atoms with van der Waals surface area (Å²) < 4.78 is 0. The monoisotopic (exact) mass is 263 g/mol. The fourth-order valence-electron chi connectivity index (χ4n) is 1.53.